The van der Waals surface area contributed by atoms with Crippen molar-refractivity contribution in [2.24, 2.45) is 11.0 Å². The van der Waals surface area contributed by atoms with E-state index < -0.39 is 56.3 Å². The topological polar surface area (TPSA) is 105 Å². The molecule has 0 amide bonds. The number of sulfonamides is 1. The molecule has 0 unspecified atom stereocenters. The van der Waals surface area contributed by atoms with Crippen LogP contribution in [-0.4, -0.2) is 41.0 Å². The van der Waals surface area contributed by atoms with Crippen LogP contribution in [-0.2, 0) is 20.1 Å². The molecule has 0 bridgehead atoms. The number of nitrogens with zero attached hydrogens (tertiary/aromatic N) is 2. The average Bonchev–Trinajstić information content (AvgIpc) is 3.23. The van der Waals surface area contributed by atoms with Gasteiger partial charge >= 0.3 is 16.3 Å². The quantitative estimate of drug-likeness (QED) is 0.190. The Kier molecular flexibility index (Phi) is 9.67. The van der Waals surface area contributed by atoms with Gasteiger partial charge in [0.25, 0.3) is 0 Å². The molecule has 0 spiro atoms. The van der Waals surface area contributed by atoms with Crippen molar-refractivity contribution in [2.45, 2.75) is 37.4 Å². The lowest BCUT2D eigenvalue weighted by Gasteiger charge is -2.28. The van der Waals surface area contributed by atoms with Crippen molar-refractivity contribution in [3.8, 4) is 5.75 Å². The Labute approximate surface area is 256 Å². The molecule has 43 heavy (non-hydrogen) atoms. The predicted molar refractivity (Wildman–Crippen MR) is 156 cm³/mol. The van der Waals surface area contributed by atoms with Gasteiger partial charge in [0.1, 0.15) is 11.6 Å². The van der Waals surface area contributed by atoms with E-state index in [-0.39, 0.29) is 22.2 Å². The molecule has 0 fully saturated rings. The van der Waals surface area contributed by atoms with E-state index in [1.54, 1.807) is 31.0 Å². The van der Waals surface area contributed by atoms with Crippen molar-refractivity contribution in [2.75, 3.05) is 17.3 Å². The van der Waals surface area contributed by atoms with Gasteiger partial charge in [-0.25, -0.2) is 17.5 Å². The molecular formula is C27H25Cl2F4N3O5S2. The maximum atomic E-state index is 13.8. The SMILES string of the molecule is Cc1ccc(F)cc1S(=O)(=O)NCC1=NN(c2ccc(Cl)cc2Cl)[C@@H](c2ccc(OS(=O)(=O)CCC(F)(F)F)cc2)[C@H]1C. The minimum atomic E-state index is -4.66. The van der Waals surface area contributed by atoms with Gasteiger partial charge < -0.3 is 4.18 Å². The van der Waals surface area contributed by atoms with Crippen LogP contribution >= 0.6 is 23.2 Å². The number of hydrogen-bond donors (Lipinski definition) is 1. The highest BCUT2D eigenvalue weighted by Crippen LogP contribution is 2.42. The molecule has 0 saturated carbocycles. The van der Waals surface area contributed by atoms with E-state index in [1.165, 1.54) is 36.4 Å². The first kappa shape index (κ1) is 33.0. The first-order valence-corrected chi connectivity index (χ1v) is 16.4. The van der Waals surface area contributed by atoms with Gasteiger partial charge in [0.05, 0.1) is 46.1 Å². The lowest BCUT2D eigenvalue weighted by molar-refractivity contribution is -0.130. The van der Waals surface area contributed by atoms with Gasteiger partial charge in [-0.1, -0.05) is 48.3 Å². The van der Waals surface area contributed by atoms with Crippen LogP contribution in [0.5, 0.6) is 5.75 Å². The summed E-state index contributed by atoms with van der Waals surface area (Å²) in [4.78, 5) is -0.214. The zero-order chi connectivity index (χ0) is 31.7. The highest BCUT2D eigenvalue weighted by molar-refractivity contribution is 7.89. The zero-order valence-electron chi connectivity index (χ0n) is 22.6. The van der Waals surface area contributed by atoms with Crippen LogP contribution in [0, 0.1) is 18.7 Å². The Balaban J connectivity index is 1.61. The van der Waals surface area contributed by atoms with Crippen LogP contribution in [0.15, 0.2) is 70.7 Å². The third kappa shape index (κ3) is 8.18. The summed E-state index contributed by atoms with van der Waals surface area (Å²) < 4.78 is 109. The van der Waals surface area contributed by atoms with Crippen LogP contribution in [0.1, 0.15) is 30.5 Å². The molecule has 4 rings (SSSR count). The minimum Gasteiger partial charge on any atom is -0.382 e. The molecule has 0 aliphatic carbocycles. The molecule has 1 heterocycles. The van der Waals surface area contributed by atoms with E-state index in [4.69, 9.17) is 27.4 Å². The number of hydrazone groups is 1. The van der Waals surface area contributed by atoms with Crippen LogP contribution in [0.3, 0.4) is 0 Å². The Bertz CT molecular complexity index is 1750. The standard InChI is InChI=1S/C27H25Cl2F4N3O5S2/c1-16-3-7-20(30)14-25(16)43(39,40)34-15-23-17(2)26(36(35-23)24-10-6-19(28)13-22(24)29)18-4-8-21(9-5-18)41-42(37,38)12-11-27(31,32)33/h3-10,13-14,17,26,34H,11-12,15H2,1-2H3/t17-,26+/m0/s1. The van der Waals surface area contributed by atoms with Gasteiger partial charge in [-0.3, -0.25) is 5.01 Å². The van der Waals surface area contributed by atoms with Crippen LogP contribution in [0.25, 0.3) is 0 Å². The van der Waals surface area contributed by atoms with E-state index in [0.717, 1.165) is 12.1 Å². The largest absolute Gasteiger partial charge is 0.390 e. The highest BCUT2D eigenvalue weighted by atomic mass is 35.5. The molecule has 0 aromatic heterocycles. The summed E-state index contributed by atoms with van der Waals surface area (Å²) in [6.07, 6.45) is -6.21. The van der Waals surface area contributed by atoms with Gasteiger partial charge in [-0.15, -0.1) is 0 Å². The number of anilines is 1. The fourth-order valence-electron chi connectivity index (χ4n) is 4.44. The summed E-state index contributed by atoms with van der Waals surface area (Å²) in [7, 11) is -8.62. The summed E-state index contributed by atoms with van der Waals surface area (Å²) in [5.74, 6) is -2.57. The molecule has 0 radical (unpaired) electrons. The maximum absolute atomic E-state index is 13.8. The van der Waals surface area contributed by atoms with Gasteiger partial charge in [-0.2, -0.15) is 26.7 Å². The Morgan fingerprint density at radius 2 is 1.67 bits per heavy atom. The van der Waals surface area contributed by atoms with E-state index in [0.29, 0.717) is 27.5 Å². The Morgan fingerprint density at radius 1 is 1.00 bits per heavy atom. The number of alkyl halides is 3. The van der Waals surface area contributed by atoms with Crippen molar-refractivity contribution in [3.63, 3.8) is 0 Å². The molecule has 8 nitrogen and oxygen atoms in total. The number of halogens is 6. The molecule has 3 aromatic rings. The second-order valence-corrected chi connectivity index (χ2v) is 14.0. The van der Waals surface area contributed by atoms with E-state index in [9.17, 15) is 34.4 Å². The third-order valence-corrected chi connectivity index (χ3v) is 9.85. The molecule has 1 aliphatic rings. The van der Waals surface area contributed by atoms with Crippen molar-refractivity contribution >= 4 is 54.7 Å². The number of nitrogens with one attached hydrogen (secondary N) is 1. The number of aryl methyl sites for hydroxylation is 1. The summed E-state index contributed by atoms with van der Waals surface area (Å²) >= 11 is 12.5. The normalized spacial score (nSPS) is 17.7. The molecular weight excluding hydrogens is 657 g/mol. The molecule has 3 aromatic carbocycles. The van der Waals surface area contributed by atoms with Gasteiger partial charge in [0.15, 0.2) is 0 Å². The fourth-order valence-corrected chi connectivity index (χ4v) is 7.16. The summed E-state index contributed by atoms with van der Waals surface area (Å²) in [6, 6.07) is 13.2. The Morgan fingerprint density at radius 3 is 2.30 bits per heavy atom. The van der Waals surface area contributed by atoms with Crippen LogP contribution in [0.2, 0.25) is 10.0 Å². The molecule has 2 atom stereocenters. The first-order chi connectivity index (χ1) is 20.0. The lowest BCUT2D eigenvalue weighted by atomic mass is 9.91. The lowest BCUT2D eigenvalue weighted by Crippen LogP contribution is -2.32. The Hall–Kier alpha value is -2.91. The molecule has 1 N–H and O–H groups in total. The highest BCUT2D eigenvalue weighted by Gasteiger charge is 2.38. The zero-order valence-corrected chi connectivity index (χ0v) is 25.7. The van der Waals surface area contributed by atoms with Crippen LogP contribution in [0.4, 0.5) is 23.2 Å². The van der Waals surface area contributed by atoms with Gasteiger partial charge in [0.2, 0.25) is 10.0 Å². The fraction of sp³-hybridized carbons (Fsp3) is 0.296. The predicted octanol–water partition coefficient (Wildman–Crippen LogP) is 6.63. The number of benzene rings is 3. The van der Waals surface area contributed by atoms with Crippen molar-refractivity contribution in [3.05, 3.63) is 87.7 Å². The maximum Gasteiger partial charge on any atom is 0.390 e. The smallest absolute Gasteiger partial charge is 0.382 e. The van der Waals surface area contributed by atoms with Gasteiger partial charge in [-0.05, 0) is 60.5 Å². The molecule has 232 valence electrons. The van der Waals surface area contributed by atoms with Crippen LogP contribution < -0.4 is 13.9 Å². The van der Waals surface area contributed by atoms with Crippen molar-refractivity contribution in [1.29, 1.82) is 0 Å². The monoisotopic (exact) mass is 681 g/mol. The summed E-state index contributed by atoms with van der Waals surface area (Å²) in [5.41, 5.74) is 1.78. The number of rotatable bonds is 10. The molecule has 1 aliphatic heterocycles. The summed E-state index contributed by atoms with van der Waals surface area (Å²) in [6.45, 7) is 3.11. The van der Waals surface area contributed by atoms with E-state index in [2.05, 4.69) is 9.82 Å². The van der Waals surface area contributed by atoms with E-state index in [1.807, 2.05) is 0 Å². The number of hydrogen-bond acceptors (Lipinski definition) is 7. The minimum absolute atomic E-state index is 0.188. The third-order valence-electron chi connectivity index (χ3n) is 6.62. The summed E-state index contributed by atoms with van der Waals surface area (Å²) in [5, 5.41) is 6.83. The van der Waals surface area contributed by atoms with Gasteiger partial charge in [0, 0.05) is 10.9 Å². The second-order valence-electron chi connectivity index (χ2n) is 9.78. The first-order valence-electron chi connectivity index (χ1n) is 12.6. The molecule has 16 heteroatoms. The van der Waals surface area contributed by atoms with Crippen molar-refractivity contribution < 1.29 is 38.6 Å². The average molecular weight is 683 g/mol. The molecule has 0 saturated heterocycles. The van der Waals surface area contributed by atoms with E-state index >= 15 is 0 Å². The van der Waals surface area contributed by atoms with Crippen molar-refractivity contribution in [1.82, 2.24) is 4.72 Å². The second kappa shape index (κ2) is 12.6.